The van der Waals surface area contributed by atoms with Crippen molar-refractivity contribution in [1.82, 2.24) is 4.98 Å². The van der Waals surface area contributed by atoms with Crippen LogP contribution in [0.25, 0.3) is 0 Å². The van der Waals surface area contributed by atoms with Crippen molar-refractivity contribution in [2.24, 2.45) is 0 Å². The highest BCUT2D eigenvalue weighted by Gasteiger charge is 2.21. The van der Waals surface area contributed by atoms with Crippen LogP contribution in [0.4, 0.5) is 0 Å². The number of benzene rings is 1. The second kappa shape index (κ2) is 6.62. The normalized spacial score (nSPS) is 9.91. The summed E-state index contributed by atoms with van der Waals surface area (Å²) in [5, 5.41) is 0. The summed E-state index contributed by atoms with van der Waals surface area (Å²) in [6.07, 6.45) is 1.41. The highest BCUT2D eigenvalue weighted by Crippen LogP contribution is 2.15. The summed E-state index contributed by atoms with van der Waals surface area (Å²) < 4.78 is 9.25. The van der Waals surface area contributed by atoms with Crippen LogP contribution in [0.1, 0.15) is 36.8 Å². The summed E-state index contributed by atoms with van der Waals surface area (Å²) >= 11 is 0. The van der Waals surface area contributed by atoms with Crippen LogP contribution in [0.2, 0.25) is 0 Å². The predicted octanol–water partition coefficient (Wildman–Crippen LogP) is 1.89. The number of hydrogen-bond acceptors (Lipinski definition) is 6. The van der Waals surface area contributed by atoms with Crippen molar-refractivity contribution in [3.8, 4) is 0 Å². The minimum absolute atomic E-state index is 0.0311. The molecule has 0 N–H and O–H groups in total. The van der Waals surface area contributed by atoms with E-state index in [1.807, 2.05) is 0 Å². The molecule has 0 radical (unpaired) electrons. The molecular formula is C16H13NO5. The number of aromatic nitrogens is 1. The molecule has 2 rings (SSSR count). The lowest BCUT2D eigenvalue weighted by Crippen LogP contribution is -2.14. The summed E-state index contributed by atoms with van der Waals surface area (Å²) in [6, 6.07) is 9.00. The van der Waals surface area contributed by atoms with Gasteiger partial charge in [-0.15, -0.1) is 0 Å². The molecule has 1 heterocycles. The van der Waals surface area contributed by atoms with Crippen LogP contribution in [0.3, 0.4) is 0 Å². The number of pyridine rings is 1. The van der Waals surface area contributed by atoms with E-state index in [0.29, 0.717) is 0 Å². The Morgan fingerprint density at radius 1 is 0.909 bits per heavy atom. The highest BCUT2D eigenvalue weighted by atomic mass is 16.5. The topological polar surface area (TPSA) is 82.6 Å². The van der Waals surface area contributed by atoms with Crippen molar-refractivity contribution in [3.63, 3.8) is 0 Å². The van der Waals surface area contributed by atoms with Crippen molar-refractivity contribution in [2.45, 2.75) is 0 Å². The number of esters is 2. The third-order valence-electron chi connectivity index (χ3n) is 2.97. The van der Waals surface area contributed by atoms with E-state index in [9.17, 15) is 14.4 Å². The van der Waals surface area contributed by atoms with Crippen molar-refractivity contribution < 1.29 is 23.9 Å². The van der Waals surface area contributed by atoms with Crippen molar-refractivity contribution >= 4 is 17.7 Å². The summed E-state index contributed by atoms with van der Waals surface area (Å²) in [6.45, 7) is 0. The molecule has 0 saturated heterocycles. The predicted molar refractivity (Wildman–Crippen MR) is 76.8 cm³/mol. The molecule has 0 spiro atoms. The van der Waals surface area contributed by atoms with E-state index < -0.39 is 17.7 Å². The first-order chi connectivity index (χ1) is 10.6. The molecule has 22 heavy (non-hydrogen) atoms. The van der Waals surface area contributed by atoms with Crippen LogP contribution in [0.15, 0.2) is 42.6 Å². The second-order valence-electron chi connectivity index (χ2n) is 4.29. The van der Waals surface area contributed by atoms with Gasteiger partial charge < -0.3 is 9.47 Å². The lowest BCUT2D eigenvalue weighted by Gasteiger charge is -2.07. The van der Waals surface area contributed by atoms with E-state index in [1.165, 1.54) is 50.7 Å². The van der Waals surface area contributed by atoms with Crippen LogP contribution < -0.4 is 0 Å². The summed E-state index contributed by atoms with van der Waals surface area (Å²) in [4.78, 5) is 39.7. The van der Waals surface area contributed by atoms with Crippen LogP contribution in [0.5, 0.6) is 0 Å². The van der Waals surface area contributed by atoms with Gasteiger partial charge in [0.05, 0.1) is 25.3 Å². The Morgan fingerprint density at radius 2 is 1.59 bits per heavy atom. The molecule has 0 atom stereocenters. The Kier molecular flexibility index (Phi) is 4.63. The molecule has 0 fully saturated rings. The quantitative estimate of drug-likeness (QED) is 0.633. The maximum absolute atomic E-state index is 12.5. The number of carbonyl (C=O) groups is 3. The molecule has 6 heteroatoms. The van der Waals surface area contributed by atoms with Gasteiger partial charge in [-0.2, -0.15) is 0 Å². The lowest BCUT2D eigenvalue weighted by atomic mass is 10.0. The van der Waals surface area contributed by atoms with Crippen molar-refractivity contribution in [3.05, 3.63) is 65.0 Å². The van der Waals surface area contributed by atoms with Gasteiger partial charge in [0.1, 0.15) is 5.69 Å². The smallest absolute Gasteiger partial charge is 0.340 e. The molecule has 2 aromatic rings. The summed E-state index contributed by atoms with van der Waals surface area (Å²) in [5.41, 5.74) is 0.505. The third-order valence-corrected chi connectivity index (χ3v) is 2.97. The van der Waals surface area contributed by atoms with Gasteiger partial charge in [0.2, 0.25) is 5.78 Å². The zero-order valence-corrected chi connectivity index (χ0v) is 12.0. The second-order valence-corrected chi connectivity index (χ2v) is 4.29. The standard InChI is InChI=1S/C16H13NO5/c1-21-15(19)11-6-3-5-10(9-11)14(18)13-12(16(20)22-2)7-4-8-17-13/h3-9H,1-2H3. The summed E-state index contributed by atoms with van der Waals surface area (Å²) in [7, 11) is 2.48. The minimum atomic E-state index is -0.652. The van der Waals surface area contributed by atoms with Crippen LogP contribution in [-0.2, 0) is 9.47 Å². The van der Waals surface area contributed by atoms with Gasteiger partial charge in [-0.3, -0.25) is 9.78 Å². The van der Waals surface area contributed by atoms with Gasteiger partial charge in [-0.25, -0.2) is 9.59 Å². The Labute approximate surface area is 126 Å². The number of carbonyl (C=O) groups excluding carboxylic acids is 3. The zero-order valence-electron chi connectivity index (χ0n) is 12.0. The molecule has 0 unspecified atom stereocenters. The molecule has 0 aliphatic rings. The first-order valence-electron chi connectivity index (χ1n) is 6.35. The lowest BCUT2D eigenvalue weighted by molar-refractivity contribution is 0.0589. The van der Waals surface area contributed by atoms with E-state index in [0.717, 1.165) is 0 Å². The van der Waals surface area contributed by atoms with E-state index >= 15 is 0 Å². The van der Waals surface area contributed by atoms with Crippen LogP contribution >= 0.6 is 0 Å². The first kappa shape index (κ1) is 15.4. The molecular weight excluding hydrogens is 286 g/mol. The van der Waals surface area contributed by atoms with E-state index in [4.69, 9.17) is 0 Å². The Balaban J connectivity index is 2.45. The van der Waals surface area contributed by atoms with Crippen molar-refractivity contribution in [2.75, 3.05) is 14.2 Å². The molecule has 0 aliphatic heterocycles. The highest BCUT2D eigenvalue weighted by molar-refractivity contribution is 6.13. The molecule has 0 bridgehead atoms. The Morgan fingerprint density at radius 3 is 2.27 bits per heavy atom. The van der Waals surface area contributed by atoms with E-state index in [-0.39, 0.29) is 22.4 Å². The van der Waals surface area contributed by atoms with Gasteiger partial charge in [0.15, 0.2) is 0 Å². The van der Waals surface area contributed by atoms with E-state index in [2.05, 4.69) is 14.5 Å². The number of ketones is 1. The molecule has 0 saturated carbocycles. The average molecular weight is 299 g/mol. The van der Waals surface area contributed by atoms with Gasteiger partial charge in [-0.1, -0.05) is 12.1 Å². The minimum Gasteiger partial charge on any atom is -0.465 e. The Bertz CT molecular complexity index is 739. The molecule has 1 aromatic heterocycles. The monoisotopic (exact) mass is 299 g/mol. The van der Waals surface area contributed by atoms with Crippen LogP contribution in [0, 0.1) is 0 Å². The summed E-state index contributed by atoms with van der Waals surface area (Å²) in [5.74, 6) is -1.68. The SMILES string of the molecule is COC(=O)c1cccc(C(=O)c2ncccc2C(=O)OC)c1. The fourth-order valence-corrected chi connectivity index (χ4v) is 1.90. The third kappa shape index (κ3) is 3.01. The van der Waals surface area contributed by atoms with Gasteiger partial charge >= 0.3 is 11.9 Å². The van der Waals surface area contributed by atoms with Crippen LogP contribution in [-0.4, -0.2) is 36.9 Å². The number of nitrogens with zero attached hydrogens (tertiary/aromatic N) is 1. The maximum atomic E-state index is 12.5. The van der Waals surface area contributed by atoms with Gasteiger partial charge in [0.25, 0.3) is 0 Å². The maximum Gasteiger partial charge on any atom is 0.340 e. The molecule has 112 valence electrons. The number of hydrogen-bond donors (Lipinski definition) is 0. The largest absolute Gasteiger partial charge is 0.465 e. The Hall–Kier alpha value is -3.02. The first-order valence-corrected chi connectivity index (χ1v) is 6.35. The number of ether oxygens (including phenoxy) is 2. The van der Waals surface area contributed by atoms with Gasteiger partial charge in [0, 0.05) is 11.8 Å². The zero-order chi connectivity index (χ0) is 16.1. The van der Waals surface area contributed by atoms with E-state index in [1.54, 1.807) is 6.07 Å². The number of methoxy groups -OCH3 is 2. The molecule has 1 aromatic carbocycles. The molecule has 0 aliphatic carbocycles. The molecule has 0 amide bonds. The fraction of sp³-hybridized carbons (Fsp3) is 0.125. The molecule has 6 nitrogen and oxygen atoms in total. The van der Waals surface area contributed by atoms with Crippen molar-refractivity contribution in [1.29, 1.82) is 0 Å². The average Bonchev–Trinajstić information content (AvgIpc) is 2.59. The van der Waals surface area contributed by atoms with Gasteiger partial charge in [-0.05, 0) is 24.3 Å². The fourth-order valence-electron chi connectivity index (χ4n) is 1.90. The number of rotatable bonds is 4.